The van der Waals surface area contributed by atoms with E-state index in [1.807, 2.05) is 50.2 Å². The third-order valence-electron chi connectivity index (χ3n) is 2.79. The maximum absolute atomic E-state index is 12.2. The molecule has 98 valence electrons. The van der Waals surface area contributed by atoms with Gasteiger partial charge in [-0.05, 0) is 71.2 Å². The molecule has 2 nitrogen and oxygen atoms in total. The Balaban J connectivity index is 2.23. The van der Waals surface area contributed by atoms with Gasteiger partial charge in [0, 0.05) is 14.6 Å². The van der Waals surface area contributed by atoms with Crippen LogP contribution in [0.15, 0.2) is 45.3 Å². The summed E-state index contributed by atoms with van der Waals surface area (Å²) in [6, 6.07) is 11.4. The summed E-state index contributed by atoms with van der Waals surface area (Å²) in [6.07, 6.45) is 0. The Bertz CT molecular complexity index is 638. The van der Waals surface area contributed by atoms with E-state index >= 15 is 0 Å². The summed E-state index contributed by atoms with van der Waals surface area (Å²) in [5.41, 5.74) is 3.62. The minimum atomic E-state index is -0.117. The summed E-state index contributed by atoms with van der Waals surface area (Å²) in [5.74, 6) is -0.117. The van der Waals surface area contributed by atoms with Crippen LogP contribution in [0.3, 0.4) is 0 Å². The van der Waals surface area contributed by atoms with Crippen molar-refractivity contribution >= 4 is 43.5 Å². The first-order valence-electron chi connectivity index (χ1n) is 5.81. The van der Waals surface area contributed by atoms with E-state index in [0.29, 0.717) is 5.56 Å². The molecular formula is C15H13Br2NO. The molecule has 0 aliphatic rings. The standard InChI is InChI=1S/C15H13Br2NO/c1-9-3-5-12(14(17)7-9)15(19)18-11-4-6-13(16)10(2)8-11/h3-8H,1-2H3,(H,18,19). The number of halogens is 2. The fraction of sp³-hybridized carbons (Fsp3) is 0.133. The molecule has 0 atom stereocenters. The average Bonchev–Trinajstić information content (AvgIpc) is 2.33. The molecule has 0 aromatic heterocycles. The normalized spacial score (nSPS) is 10.3. The van der Waals surface area contributed by atoms with E-state index in [-0.39, 0.29) is 5.91 Å². The quantitative estimate of drug-likeness (QED) is 0.770. The monoisotopic (exact) mass is 381 g/mol. The molecule has 0 unspecified atom stereocenters. The van der Waals surface area contributed by atoms with E-state index in [1.54, 1.807) is 0 Å². The lowest BCUT2D eigenvalue weighted by Gasteiger charge is -2.09. The lowest BCUT2D eigenvalue weighted by molar-refractivity contribution is 0.102. The van der Waals surface area contributed by atoms with Crippen molar-refractivity contribution in [3.63, 3.8) is 0 Å². The van der Waals surface area contributed by atoms with E-state index in [9.17, 15) is 4.79 Å². The summed E-state index contributed by atoms with van der Waals surface area (Å²) in [6.45, 7) is 3.98. The molecule has 0 aliphatic heterocycles. The lowest BCUT2D eigenvalue weighted by atomic mass is 10.1. The molecule has 0 heterocycles. The van der Waals surface area contributed by atoms with E-state index in [4.69, 9.17) is 0 Å². The van der Waals surface area contributed by atoms with E-state index in [2.05, 4.69) is 37.2 Å². The third-order valence-corrected chi connectivity index (χ3v) is 4.33. The number of nitrogens with one attached hydrogen (secondary N) is 1. The van der Waals surface area contributed by atoms with Crippen LogP contribution >= 0.6 is 31.9 Å². The van der Waals surface area contributed by atoms with Crippen molar-refractivity contribution in [2.45, 2.75) is 13.8 Å². The smallest absolute Gasteiger partial charge is 0.256 e. The number of rotatable bonds is 2. The van der Waals surface area contributed by atoms with Crippen molar-refractivity contribution in [2.75, 3.05) is 5.32 Å². The number of benzene rings is 2. The van der Waals surface area contributed by atoms with Crippen molar-refractivity contribution < 1.29 is 4.79 Å². The van der Waals surface area contributed by atoms with Gasteiger partial charge in [-0.1, -0.05) is 22.0 Å². The predicted molar refractivity (Wildman–Crippen MR) is 85.7 cm³/mol. The van der Waals surface area contributed by atoms with Crippen LogP contribution < -0.4 is 5.32 Å². The molecule has 0 radical (unpaired) electrons. The van der Waals surface area contributed by atoms with Gasteiger partial charge in [-0.2, -0.15) is 0 Å². The van der Waals surface area contributed by atoms with Crippen LogP contribution in [0.5, 0.6) is 0 Å². The number of amides is 1. The summed E-state index contributed by atoms with van der Waals surface area (Å²) >= 11 is 6.86. The highest BCUT2D eigenvalue weighted by atomic mass is 79.9. The minimum Gasteiger partial charge on any atom is -0.322 e. The summed E-state index contributed by atoms with van der Waals surface area (Å²) in [7, 11) is 0. The molecule has 19 heavy (non-hydrogen) atoms. The molecule has 0 aliphatic carbocycles. The Hall–Kier alpha value is -1.13. The molecule has 2 rings (SSSR count). The molecule has 0 saturated heterocycles. The molecule has 2 aromatic carbocycles. The summed E-state index contributed by atoms with van der Waals surface area (Å²) in [5, 5.41) is 2.90. The highest BCUT2D eigenvalue weighted by molar-refractivity contribution is 9.10. The number of anilines is 1. The minimum absolute atomic E-state index is 0.117. The van der Waals surface area contributed by atoms with Crippen LogP contribution in [0, 0.1) is 13.8 Å². The van der Waals surface area contributed by atoms with Gasteiger partial charge < -0.3 is 5.32 Å². The van der Waals surface area contributed by atoms with Gasteiger partial charge in [0.05, 0.1) is 5.56 Å². The number of hydrogen-bond donors (Lipinski definition) is 1. The highest BCUT2D eigenvalue weighted by Crippen LogP contribution is 2.22. The lowest BCUT2D eigenvalue weighted by Crippen LogP contribution is -2.12. The van der Waals surface area contributed by atoms with Crippen LogP contribution in [-0.4, -0.2) is 5.91 Å². The van der Waals surface area contributed by atoms with Crippen molar-refractivity contribution in [3.05, 3.63) is 62.0 Å². The maximum atomic E-state index is 12.2. The molecular weight excluding hydrogens is 370 g/mol. The maximum Gasteiger partial charge on any atom is 0.256 e. The zero-order chi connectivity index (χ0) is 14.0. The van der Waals surface area contributed by atoms with Gasteiger partial charge in [0.2, 0.25) is 0 Å². The molecule has 0 fully saturated rings. The van der Waals surface area contributed by atoms with Gasteiger partial charge in [-0.25, -0.2) is 0 Å². The molecule has 2 aromatic rings. The topological polar surface area (TPSA) is 29.1 Å². The molecule has 1 N–H and O–H groups in total. The van der Waals surface area contributed by atoms with E-state index in [1.165, 1.54) is 0 Å². The third kappa shape index (κ3) is 3.45. The second-order valence-electron chi connectivity index (χ2n) is 4.40. The molecule has 0 bridgehead atoms. The fourth-order valence-electron chi connectivity index (χ4n) is 1.73. The van der Waals surface area contributed by atoms with Crippen LogP contribution in [-0.2, 0) is 0 Å². The molecule has 0 spiro atoms. The number of carbonyl (C=O) groups is 1. The van der Waals surface area contributed by atoms with Gasteiger partial charge in [-0.3, -0.25) is 4.79 Å². The van der Waals surface area contributed by atoms with Gasteiger partial charge in [0.25, 0.3) is 5.91 Å². The van der Waals surface area contributed by atoms with Crippen LogP contribution in [0.2, 0.25) is 0 Å². The Morgan fingerprint density at radius 2 is 1.74 bits per heavy atom. The van der Waals surface area contributed by atoms with Crippen LogP contribution in [0.4, 0.5) is 5.69 Å². The zero-order valence-corrected chi connectivity index (χ0v) is 13.8. The van der Waals surface area contributed by atoms with E-state index < -0.39 is 0 Å². The fourth-order valence-corrected chi connectivity index (χ4v) is 2.65. The zero-order valence-electron chi connectivity index (χ0n) is 10.6. The number of aryl methyl sites for hydroxylation is 2. The molecule has 4 heteroatoms. The first-order chi connectivity index (χ1) is 8.97. The van der Waals surface area contributed by atoms with Gasteiger partial charge in [0.1, 0.15) is 0 Å². The van der Waals surface area contributed by atoms with Crippen molar-refractivity contribution in [2.24, 2.45) is 0 Å². The first kappa shape index (κ1) is 14.3. The first-order valence-corrected chi connectivity index (χ1v) is 7.39. The second kappa shape index (κ2) is 5.88. The van der Waals surface area contributed by atoms with Crippen LogP contribution in [0.1, 0.15) is 21.5 Å². The van der Waals surface area contributed by atoms with Crippen molar-refractivity contribution in [3.8, 4) is 0 Å². The van der Waals surface area contributed by atoms with Crippen LogP contribution in [0.25, 0.3) is 0 Å². The highest BCUT2D eigenvalue weighted by Gasteiger charge is 2.10. The SMILES string of the molecule is Cc1ccc(C(=O)Nc2ccc(Br)c(C)c2)c(Br)c1. The Morgan fingerprint density at radius 1 is 1.00 bits per heavy atom. The second-order valence-corrected chi connectivity index (χ2v) is 6.11. The Kier molecular flexibility index (Phi) is 4.42. The number of carbonyl (C=O) groups excluding carboxylic acids is 1. The summed E-state index contributed by atoms with van der Waals surface area (Å²) < 4.78 is 1.83. The van der Waals surface area contributed by atoms with Gasteiger partial charge in [0.15, 0.2) is 0 Å². The van der Waals surface area contributed by atoms with E-state index in [0.717, 1.165) is 25.8 Å². The predicted octanol–water partition coefficient (Wildman–Crippen LogP) is 5.08. The van der Waals surface area contributed by atoms with Crippen molar-refractivity contribution in [1.29, 1.82) is 0 Å². The Morgan fingerprint density at radius 3 is 2.37 bits per heavy atom. The summed E-state index contributed by atoms with van der Waals surface area (Å²) in [4.78, 5) is 12.2. The molecule has 0 saturated carbocycles. The molecule has 1 amide bonds. The number of hydrogen-bond acceptors (Lipinski definition) is 1. The van der Waals surface area contributed by atoms with Crippen molar-refractivity contribution in [1.82, 2.24) is 0 Å². The van der Waals surface area contributed by atoms with Gasteiger partial charge >= 0.3 is 0 Å². The average molecular weight is 383 g/mol. The largest absolute Gasteiger partial charge is 0.322 e. The Labute approximate surface area is 129 Å². The van der Waals surface area contributed by atoms with Gasteiger partial charge in [-0.15, -0.1) is 0 Å².